The quantitative estimate of drug-likeness (QED) is 0.675. The number of nitrogens with zero attached hydrogens (tertiary/aromatic N) is 1. The van der Waals surface area contributed by atoms with Crippen LogP contribution in [0.5, 0.6) is 0 Å². The van der Waals surface area contributed by atoms with Crippen LogP contribution in [-0.2, 0) is 5.41 Å². The molecule has 2 heteroatoms. The van der Waals surface area contributed by atoms with Crippen molar-refractivity contribution in [3.8, 4) is 11.1 Å². The van der Waals surface area contributed by atoms with Crippen molar-refractivity contribution in [2.75, 3.05) is 0 Å². The Kier molecular flexibility index (Phi) is 2.67. The Morgan fingerprint density at radius 1 is 0.895 bits per heavy atom. The van der Waals surface area contributed by atoms with Gasteiger partial charge in [-0.1, -0.05) is 57.2 Å². The zero-order valence-electron chi connectivity index (χ0n) is 11.6. The summed E-state index contributed by atoms with van der Waals surface area (Å²) < 4.78 is 0. The van der Waals surface area contributed by atoms with Crippen LogP contribution in [0.25, 0.3) is 22.0 Å². The molecule has 0 saturated carbocycles. The molecule has 1 heterocycles. The van der Waals surface area contributed by atoms with Crippen LogP contribution in [0, 0.1) is 0 Å². The van der Waals surface area contributed by atoms with Gasteiger partial charge < -0.3 is 0 Å². The summed E-state index contributed by atoms with van der Waals surface area (Å²) in [7, 11) is 0. The molecular formula is C17H18N2. The fraction of sp³-hybridized carbons (Fsp3) is 0.235. The third-order valence-corrected chi connectivity index (χ3v) is 3.53. The Balaban J connectivity index is 2.01. The van der Waals surface area contributed by atoms with Gasteiger partial charge in [0.1, 0.15) is 0 Å². The van der Waals surface area contributed by atoms with E-state index in [1.165, 1.54) is 16.7 Å². The number of hydrogen-bond acceptors (Lipinski definition) is 1. The van der Waals surface area contributed by atoms with E-state index in [0.717, 1.165) is 10.9 Å². The third-order valence-electron chi connectivity index (χ3n) is 3.53. The van der Waals surface area contributed by atoms with Crippen LogP contribution in [0.15, 0.2) is 48.7 Å². The number of fused-ring (bicyclic) bond motifs is 1. The van der Waals surface area contributed by atoms with Gasteiger partial charge in [0.15, 0.2) is 0 Å². The molecule has 0 atom stereocenters. The van der Waals surface area contributed by atoms with E-state index in [4.69, 9.17) is 0 Å². The Labute approximate surface area is 113 Å². The standard InChI is InChI=1S/C17H18N2/c1-17(2,3)15-8-6-12(7-9-15)13-4-5-14-11-18-19-16(14)10-13/h4-11H,1-3H3,(H,18,19). The number of hydrogen-bond donors (Lipinski definition) is 1. The number of aromatic amines is 1. The van der Waals surface area contributed by atoms with Crippen molar-refractivity contribution < 1.29 is 0 Å². The van der Waals surface area contributed by atoms with Crippen LogP contribution >= 0.6 is 0 Å². The zero-order chi connectivity index (χ0) is 13.5. The highest BCUT2D eigenvalue weighted by Gasteiger charge is 2.13. The Bertz CT molecular complexity index is 700. The molecule has 0 radical (unpaired) electrons. The first-order valence-electron chi connectivity index (χ1n) is 6.58. The van der Waals surface area contributed by atoms with E-state index < -0.39 is 0 Å². The molecule has 0 aliphatic heterocycles. The molecule has 96 valence electrons. The highest BCUT2D eigenvalue weighted by molar-refractivity contribution is 5.83. The molecule has 19 heavy (non-hydrogen) atoms. The van der Waals surface area contributed by atoms with E-state index in [0.29, 0.717) is 0 Å². The number of rotatable bonds is 1. The largest absolute Gasteiger partial charge is 0.278 e. The summed E-state index contributed by atoms with van der Waals surface area (Å²) in [6.07, 6.45) is 1.85. The molecule has 1 N–H and O–H groups in total. The van der Waals surface area contributed by atoms with Gasteiger partial charge in [0.05, 0.1) is 11.7 Å². The maximum absolute atomic E-state index is 4.06. The molecular weight excluding hydrogens is 232 g/mol. The van der Waals surface area contributed by atoms with E-state index in [-0.39, 0.29) is 5.41 Å². The van der Waals surface area contributed by atoms with Gasteiger partial charge in [-0.15, -0.1) is 0 Å². The first kappa shape index (κ1) is 12.0. The van der Waals surface area contributed by atoms with E-state index in [2.05, 4.69) is 73.4 Å². The first-order chi connectivity index (χ1) is 9.04. The van der Waals surface area contributed by atoms with Crippen LogP contribution in [-0.4, -0.2) is 10.2 Å². The van der Waals surface area contributed by atoms with Gasteiger partial charge in [0, 0.05) is 5.39 Å². The summed E-state index contributed by atoms with van der Waals surface area (Å²) in [4.78, 5) is 0. The van der Waals surface area contributed by atoms with Crippen LogP contribution in [0.2, 0.25) is 0 Å². The molecule has 2 aromatic carbocycles. The number of aromatic nitrogens is 2. The lowest BCUT2D eigenvalue weighted by atomic mass is 9.86. The van der Waals surface area contributed by atoms with Crippen molar-refractivity contribution in [1.82, 2.24) is 10.2 Å². The second-order valence-electron chi connectivity index (χ2n) is 6.00. The average Bonchev–Trinajstić information content (AvgIpc) is 2.85. The second-order valence-corrected chi connectivity index (χ2v) is 6.00. The minimum atomic E-state index is 0.200. The van der Waals surface area contributed by atoms with Crippen molar-refractivity contribution in [2.24, 2.45) is 0 Å². The second kappa shape index (κ2) is 4.23. The lowest BCUT2D eigenvalue weighted by molar-refractivity contribution is 0.590. The Hall–Kier alpha value is -2.09. The van der Waals surface area contributed by atoms with Crippen molar-refractivity contribution in [1.29, 1.82) is 0 Å². The Morgan fingerprint density at radius 3 is 2.26 bits per heavy atom. The van der Waals surface area contributed by atoms with Crippen molar-refractivity contribution >= 4 is 10.9 Å². The Morgan fingerprint density at radius 2 is 1.58 bits per heavy atom. The minimum absolute atomic E-state index is 0.200. The van der Waals surface area contributed by atoms with Gasteiger partial charge in [-0.3, -0.25) is 5.10 Å². The van der Waals surface area contributed by atoms with Crippen molar-refractivity contribution in [3.05, 3.63) is 54.2 Å². The summed E-state index contributed by atoms with van der Waals surface area (Å²) in [5, 5.41) is 8.22. The maximum Gasteiger partial charge on any atom is 0.0656 e. The predicted molar refractivity (Wildman–Crippen MR) is 80.2 cm³/mol. The SMILES string of the molecule is CC(C)(C)c1ccc(-c2ccc3cn[nH]c3c2)cc1. The van der Waals surface area contributed by atoms with Gasteiger partial charge in [0.25, 0.3) is 0 Å². The van der Waals surface area contributed by atoms with Crippen molar-refractivity contribution in [2.45, 2.75) is 26.2 Å². The molecule has 3 aromatic rings. The number of H-pyrrole nitrogens is 1. The van der Waals surface area contributed by atoms with Gasteiger partial charge in [-0.05, 0) is 28.2 Å². The predicted octanol–water partition coefficient (Wildman–Crippen LogP) is 4.53. The molecule has 0 fully saturated rings. The number of benzene rings is 2. The summed E-state index contributed by atoms with van der Waals surface area (Å²) in [6, 6.07) is 15.2. The molecule has 3 rings (SSSR count). The molecule has 0 amide bonds. The minimum Gasteiger partial charge on any atom is -0.278 e. The van der Waals surface area contributed by atoms with Crippen LogP contribution < -0.4 is 0 Å². The van der Waals surface area contributed by atoms with Crippen molar-refractivity contribution in [3.63, 3.8) is 0 Å². The summed E-state index contributed by atoms with van der Waals surface area (Å²) in [5.41, 5.74) is 5.10. The average molecular weight is 250 g/mol. The van der Waals surface area contributed by atoms with Gasteiger partial charge >= 0.3 is 0 Å². The zero-order valence-corrected chi connectivity index (χ0v) is 11.6. The van der Waals surface area contributed by atoms with Gasteiger partial charge in [-0.2, -0.15) is 5.10 Å². The highest BCUT2D eigenvalue weighted by atomic mass is 15.1. The molecule has 0 aliphatic carbocycles. The molecule has 0 saturated heterocycles. The highest BCUT2D eigenvalue weighted by Crippen LogP contribution is 2.27. The fourth-order valence-electron chi connectivity index (χ4n) is 2.28. The van der Waals surface area contributed by atoms with Gasteiger partial charge in [-0.25, -0.2) is 0 Å². The molecule has 0 spiro atoms. The van der Waals surface area contributed by atoms with E-state index >= 15 is 0 Å². The van der Waals surface area contributed by atoms with E-state index in [1.54, 1.807) is 0 Å². The monoisotopic (exact) mass is 250 g/mol. The number of nitrogens with one attached hydrogen (secondary N) is 1. The summed E-state index contributed by atoms with van der Waals surface area (Å²) in [6.45, 7) is 6.70. The van der Waals surface area contributed by atoms with Crippen LogP contribution in [0.4, 0.5) is 0 Å². The molecule has 0 bridgehead atoms. The normalized spacial score (nSPS) is 11.9. The molecule has 2 nitrogen and oxygen atoms in total. The summed E-state index contributed by atoms with van der Waals surface area (Å²) in [5.74, 6) is 0. The topological polar surface area (TPSA) is 28.7 Å². The first-order valence-corrected chi connectivity index (χ1v) is 6.58. The maximum atomic E-state index is 4.06. The molecule has 1 aromatic heterocycles. The fourth-order valence-corrected chi connectivity index (χ4v) is 2.28. The third kappa shape index (κ3) is 2.26. The molecule has 0 aliphatic rings. The lowest BCUT2D eigenvalue weighted by Crippen LogP contribution is -2.10. The van der Waals surface area contributed by atoms with E-state index in [9.17, 15) is 0 Å². The van der Waals surface area contributed by atoms with Crippen LogP contribution in [0.3, 0.4) is 0 Å². The smallest absolute Gasteiger partial charge is 0.0656 e. The van der Waals surface area contributed by atoms with Gasteiger partial charge in [0.2, 0.25) is 0 Å². The summed E-state index contributed by atoms with van der Waals surface area (Å²) >= 11 is 0. The molecule has 0 unspecified atom stereocenters. The lowest BCUT2D eigenvalue weighted by Gasteiger charge is -2.19. The van der Waals surface area contributed by atoms with E-state index in [1.807, 2.05) is 6.20 Å². The van der Waals surface area contributed by atoms with Crippen LogP contribution in [0.1, 0.15) is 26.3 Å².